The number of aryl methyl sites for hydroxylation is 1. The van der Waals surface area contributed by atoms with Crippen LogP contribution in [0.1, 0.15) is 23.6 Å². The van der Waals surface area contributed by atoms with Gasteiger partial charge in [0.25, 0.3) is 0 Å². The summed E-state index contributed by atoms with van der Waals surface area (Å²) in [7, 11) is 1.44. The third-order valence-corrected chi connectivity index (χ3v) is 5.21. The first kappa shape index (κ1) is 15.6. The lowest BCUT2D eigenvalue weighted by Crippen LogP contribution is -2.15. The highest BCUT2D eigenvalue weighted by Crippen LogP contribution is 2.35. The molecule has 0 fully saturated rings. The molecule has 1 aliphatic heterocycles. The van der Waals surface area contributed by atoms with Crippen LogP contribution in [0.25, 0.3) is 0 Å². The molecule has 0 aromatic heterocycles. The Morgan fingerprint density at radius 2 is 2.35 bits per heavy atom. The number of carbonyl (C=O) groups is 1. The maximum atomic E-state index is 11.4. The molecule has 0 bridgehead atoms. The van der Waals surface area contributed by atoms with Crippen molar-refractivity contribution < 1.29 is 14.3 Å². The highest BCUT2D eigenvalue weighted by atomic mass is 32.2. The van der Waals surface area contributed by atoms with E-state index >= 15 is 0 Å². The summed E-state index contributed by atoms with van der Waals surface area (Å²) in [6.07, 6.45) is 0. The van der Waals surface area contributed by atoms with Crippen molar-refractivity contribution in [3.05, 3.63) is 28.8 Å². The van der Waals surface area contributed by atoms with E-state index in [0.717, 1.165) is 28.9 Å². The SMILES string of the molecule is COC(=O)C(C)CSCc1cc(C)cc2c1OCSC2. The van der Waals surface area contributed by atoms with Crippen molar-refractivity contribution in [3.8, 4) is 5.75 Å². The Morgan fingerprint density at radius 1 is 1.55 bits per heavy atom. The number of benzene rings is 1. The topological polar surface area (TPSA) is 35.5 Å². The number of carbonyl (C=O) groups excluding carboxylic acids is 1. The van der Waals surface area contributed by atoms with E-state index in [9.17, 15) is 4.79 Å². The number of hydrogen-bond donors (Lipinski definition) is 0. The summed E-state index contributed by atoms with van der Waals surface area (Å²) >= 11 is 3.55. The van der Waals surface area contributed by atoms with Gasteiger partial charge in [-0.3, -0.25) is 4.79 Å². The molecule has 1 aromatic carbocycles. The standard InChI is InChI=1S/C15H20O3S2/c1-10-4-12(7-19-6-11(2)15(16)17-3)14-13(5-10)8-20-9-18-14/h4-5,11H,6-9H2,1-3H3. The van der Waals surface area contributed by atoms with Crippen LogP contribution in [0, 0.1) is 12.8 Å². The molecule has 0 saturated heterocycles. The summed E-state index contributed by atoms with van der Waals surface area (Å²) in [6.45, 7) is 4.02. The van der Waals surface area contributed by atoms with Gasteiger partial charge in [0.15, 0.2) is 0 Å². The van der Waals surface area contributed by atoms with Crippen LogP contribution in [0.5, 0.6) is 5.75 Å². The van der Waals surface area contributed by atoms with Crippen LogP contribution < -0.4 is 4.74 Å². The smallest absolute Gasteiger partial charge is 0.309 e. The zero-order chi connectivity index (χ0) is 14.5. The van der Waals surface area contributed by atoms with Crippen molar-refractivity contribution in [1.82, 2.24) is 0 Å². The van der Waals surface area contributed by atoms with Crippen molar-refractivity contribution in [2.45, 2.75) is 25.4 Å². The number of hydrogen-bond acceptors (Lipinski definition) is 5. The molecular weight excluding hydrogens is 292 g/mol. The van der Waals surface area contributed by atoms with Crippen molar-refractivity contribution in [3.63, 3.8) is 0 Å². The largest absolute Gasteiger partial charge is 0.482 e. The van der Waals surface area contributed by atoms with E-state index in [2.05, 4.69) is 19.1 Å². The van der Waals surface area contributed by atoms with E-state index in [4.69, 9.17) is 9.47 Å². The molecule has 5 heteroatoms. The fourth-order valence-corrected chi connectivity index (χ4v) is 3.96. The molecule has 1 unspecified atom stereocenters. The summed E-state index contributed by atoms with van der Waals surface area (Å²) in [6, 6.07) is 4.39. The van der Waals surface area contributed by atoms with E-state index in [-0.39, 0.29) is 11.9 Å². The second kappa shape index (κ2) is 7.27. The van der Waals surface area contributed by atoms with Crippen LogP contribution in [-0.2, 0) is 21.0 Å². The minimum atomic E-state index is -0.142. The van der Waals surface area contributed by atoms with Gasteiger partial charge in [-0.25, -0.2) is 0 Å². The van der Waals surface area contributed by atoms with Gasteiger partial charge in [0.2, 0.25) is 0 Å². The van der Waals surface area contributed by atoms with E-state index in [1.54, 1.807) is 23.5 Å². The highest BCUT2D eigenvalue weighted by Gasteiger charge is 2.17. The molecule has 1 heterocycles. The van der Waals surface area contributed by atoms with Gasteiger partial charge in [-0.1, -0.05) is 24.6 Å². The molecule has 1 atom stereocenters. The minimum absolute atomic E-state index is 0.0675. The molecule has 1 aliphatic rings. The first-order valence-electron chi connectivity index (χ1n) is 6.60. The molecule has 3 nitrogen and oxygen atoms in total. The van der Waals surface area contributed by atoms with E-state index < -0.39 is 0 Å². The summed E-state index contributed by atoms with van der Waals surface area (Å²) in [4.78, 5) is 11.4. The summed E-state index contributed by atoms with van der Waals surface area (Å²) < 4.78 is 10.5. The first-order chi connectivity index (χ1) is 9.61. The Hall–Kier alpha value is -0.810. The van der Waals surface area contributed by atoms with Gasteiger partial charge in [-0.15, -0.1) is 11.8 Å². The number of rotatable bonds is 5. The molecule has 0 N–H and O–H groups in total. The van der Waals surface area contributed by atoms with Crippen LogP contribution in [0.4, 0.5) is 0 Å². The highest BCUT2D eigenvalue weighted by molar-refractivity contribution is 7.98. The van der Waals surface area contributed by atoms with Gasteiger partial charge in [0.05, 0.1) is 13.0 Å². The molecule has 0 spiro atoms. The first-order valence-corrected chi connectivity index (χ1v) is 8.91. The molecule has 110 valence electrons. The van der Waals surface area contributed by atoms with E-state index in [1.165, 1.54) is 23.8 Å². The van der Waals surface area contributed by atoms with E-state index in [0.29, 0.717) is 0 Å². The fourth-order valence-electron chi connectivity index (χ4n) is 2.20. The number of ether oxygens (including phenoxy) is 2. The average molecular weight is 312 g/mol. The Kier molecular flexibility index (Phi) is 5.66. The summed E-state index contributed by atoms with van der Waals surface area (Å²) in [5.41, 5.74) is 3.80. The lowest BCUT2D eigenvalue weighted by molar-refractivity contribution is -0.143. The lowest BCUT2D eigenvalue weighted by atomic mass is 10.1. The molecule has 2 rings (SSSR count). The van der Waals surface area contributed by atoms with Gasteiger partial charge in [0, 0.05) is 28.4 Å². The van der Waals surface area contributed by atoms with Crippen LogP contribution in [-0.4, -0.2) is 24.8 Å². The normalized spacial score (nSPS) is 15.2. The fraction of sp³-hybridized carbons (Fsp3) is 0.533. The third-order valence-electron chi connectivity index (χ3n) is 3.16. The number of methoxy groups -OCH3 is 1. The Morgan fingerprint density at radius 3 is 3.10 bits per heavy atom. The van der Waals surface area contributed by atoms with E-state index in [1.807, 2.05) is 6.92 Å². The predicted molar refractivity (Wildman–Crippen MR) is 85.3 cm³/mol. The average Bonchev–Trinajstić information content (AvgIpc) is 2.45. The van der Waals surface area contributed by atoms with Gasteiger partial charge in [-0.2, -0.15) is 11.8 Å². The third kappa shape index (κ3) is 3.85. The number of esters is 1. The molecular formula is C15H20O3S2. The monoisotopic (exact) mass is 312 g/mol. The molecule has 0 aliphatic carbocycles. The zero-order valence-electron chi connectivity index (χ0n) is 12.1. The molecule has 0 saturated carbocycles. The van der Waals surface area contributed by atoms with Gasteiger partial charge in [-0.05, 0) is 6.92 Å². The Balaban J connectivity index is 1.99. The molecule has 0 amide bonds. The van der Waals surface area contributed by atoms with Crippen molar-refractivity contribution in [2.24, 2.45) is 5.92 Å². The van der Waals surface area contributed by atoms with Crippen LogP contribution in [0.15, 0.2) is 12.1 Å². The van der Waals surface area contributed by atoms with Crippen molar-refractivity contribution >= 4 is 29.5 Å². The molecule has 20 heavy (non-hydrogen) atoms. The quantitative estimate of drug-likeness (QED) is 0.776. The van der Waals surface area contributed by atoms with Crippen LogP contribution in [0.2, 0.25) is 0 Å². The summed E-state index contributed by atoms with van der Waals surface area (Å²) in [5, 5.41) is 0. The molecule has 1 aromatic rings. The molecule has 0 radical (unpaired) electrons. The number of fused-ring (bicyclic) bond motifs is 1. The minimum Gasteiger partial charge on any atom is -0.482 e. The van der Waals surface area contributed by atoms with Crippen molar-refractivity contribution in [2.75, 3.05) is 18.8 Å². The maximum absolute atomic E-state index is 11.4. The van der Waals surface area contributed by atoms with Gasteiger partial charge in [0.1, 0.15) is 11.7 Å². The van der Waals surface area contributed by atoms with Crippen LogP contribution in [0.3, 0.4) is 0 Å². The Bertz CT molecular complexity index is 488. The predicted octanol–water partition coefficient (Wildman–Crippen LogP) is 3.62. The van der Waals surface area contributed by atoms with Gasteiger partial charge >= 0.3 is 5.97 Å². The summed E-state index contributed by atoms with van der Waals surface area (Å²) in [5.74, 6) is 4.23. The maximum Gasteiger partial charge on any atom is 0.309 e. The lowest BCUT2D eigenvalue weighted by Gasteiger charge is -2.21. The zero-order valence-corrected chi connectivity index (χ0v) is 13.7. The second-order valence-corrected chi connectivity index (χ2v) is 6.93. The Labute approximate surface area is 128 Å². The van der Waals surface area contributed by atoms with Gasteiger partial charge < -0.3 is 9.47 Å². The van der Waals surface area contributed by atoms with Crippen LogP contribution >= 0.6 is 23.5 Å². The number of thioether (sulfide) groups is 2. The second-order valence-electron chi connectivity index (χ2n) is 4.96. The van der Waals surface area contributed by atoms with Crippen molar-refractivity contribution in [1.29, 1.82) is 0 Å².